The molecule has 6 nitrogen and oxygen atoms in total. The summed E-state index contributed by atoms with van der Waals surface area (Å²) in [7, 11) is 0. The number of hydrogen-bond donors (Lipinski definition) is 2. The van der Waals surface area contributed by atoms with Crippen LogP contribution in [0.1, 0.15) is 28.4 Å². The third kappa shape index (κ3) is 5.69. The zero-order valence-corrected chi connectivity index (χ0v) is 16.5. The maximum Gasteiger partial charge on any atom is 0.243 e. The lowest BCUT2D eigenvalue weighted by atomic mass is 10.1. The number of benzene rings is 3. The smallest absolute Gasteiger partial charge is 0.243 e. The van der Waals surface area contributed by atoms with Gasteiger partial charge in [-0.2, -0.15) is 5.26 Å². The number of hydrogen-bond acceptors (Lipinski definition) is 5. The van der Waals surface area contributed by atoms with Crippen molar-refractivity contribution >= 4 is 23.1 Å². The first kappa shape index (κ1) is 20.6. The molecule has 0 aliphatic heterocycles. The summed E-state index contributed by atoms with van der Waals surface area (Å²) >= 11 is 0. The Kier molecular flexibility index (Phi) is 6.80. The summed E-state index contributed by atoms with van der Waals surface area (Å²) < 4.78 is 5.79. The molecule has 0 fully saturated rings. The zero-order chi connectivity index (χ0) is 21.3. The highest BCUT2D eigenvalue weighted by atomic mass is 16.5. The fourth-order valence-electron chi connectivity index (χ4n) is 2.87. The number of nitrogens with one attached hydrogen (secondary N) is 2. The number of ether oxygens (including phenoxy) is 1. The van der Waals surface area contributed by atoms with E-state index >= 15 is 0 Å². The first-order valence-electron chi connectivity index (χ1n) is 9.41. The molecular formula is C24H21N3O3. The van der Waals surface area contributed by atoms with Gasteiger partial charge in [-0.05, 0) is 48.9 Å². The highest BCUT2D eigenvalue weighted by Gasteiger charge is 2.09. The van der Waals surface area contributed by atoms with Crippen LogP contribution in [0.15, 0.2) is 72.8 Å². The Balaban J connectivity index is 1.56. The van der Waals surface area contributed by atoms with Gasteiger partial charge in [-0.1, -0.05) is 30.3 Å². The maximum absolute atomic E-state index is 12.3. The highest BCUT2D eigenvalue weighted by Crippen LogP contribution is 2.19. The predicted molar refractivity (Wildman–Crippen MR) is 115 cm³/mol. The highest BCUT2D eigenvalue weighted by molar-refractivity contribution is 6.04. The minimum absolute atomic E-state index is 0.0416. The molecule has 0 unspecified atom stereocenters. The molecule has 30 heavy (non-hydrogen) atoms. The van der Waals surface area contributed by atoms with Crippen LogP contribution in [0.25, 0.3) is 0 Å². The second-order valence-electron chi connectivity index (χ2n) is 6.63. The molecule has 0 bridgehead atoms. The van der Waals surface area contributed by atoms with Crippen molar-refractivity contribution < 1.29 is 14.3 Å². The topological polar surface area (TPSA) is 91.2 Å². The lowest BCUT2D eigenvalue weighted by Gasteiger charge is -2.12. The van der Waals surface area contributed by atoms with Crippen LogP contribution < -0.4 is 15.4 Å². The molecule has 0 aromatic heterocycles. The van der Waals surface area contributed by atoms with Gasteiger partial charge in [0.1, 0.15) is 12.4 Å². The van der Waals surface area contributed by atoms with E-state index in [0.717, 1.165) is 11.3 Å². The second kappa shape index (κ2) is 9.89. The monoisotopic (exact) mass is 399 g/mol. The van der Waals surface area contributed by atoms with E-state index in [9.17, 15) is 9.59 Å². The van der Waals surface area contributed by atoms with Crippen LogP contribution in [0.5, 0.6) is 5.75 Å². The maximum atomic E-state index is 12.3. The summed E-state index contributed by atoms with van der Waals surface area (Å²) in [4.78, 5) is 23.9. The van der Waals surface area contributed by atoms with Crippen LogP contribution in [0.4, 0.5) is 11.4 Å². The Morgan fingerprint density at radius 3 is 2.60 bits per heavy atom. The van der Waals surface area contributed by atoms with Crippen molar-refractivity contribution in [2.45, 2.75) is 13.5 Å². The number of anilines is 2. The normalized spacial score (nSPS) is 10.0. The third-order valence-corrected chi connectivity index (χ3v) is 4.33. The standard InChI is InChI=1S/C24H21N3O3/c1-17(28)22-10-2-3-11-23(22)27-24(29)15-26-20-8-5-9-21(13-20)30-16-19-7-4-6-18(12-19)14-25/h2-13,26H,15-16H2,1H3,(H,27,29). The molecule has 3 aromatic rings. The molecule has 0 radical (unpaired) electrons. The number of nitrogens with zero attached hydrogens (tertiary/aromatic N) is 1. The van der Waals surface area contributed by atoms with Gasteiger partial charge in [0.05, 0.1) is 23.9 Å². The Morgan fingerprint density at radius 1 is 1.00 bits per heavy atom. The molecule has 0 atom stereocenters. The average molecular weight is 399 g/mol. The van der Waals surface area contributed by atoms with Gasteiger partial charge in [-0.3, -0.25) is 9.59 Å². The number of para-hydroxylation sites is 1. The van der Waals surface area contributed by atoms with Gasteiger partial charge in [0, 0.05) is 17.3 Å². The van der Waals surface area contributed by atoms with E-state index in [4.69, 9.17) is 10.00 Å². The van der Waals surface area contributed by atoms with Gasteiger partial charge in [0.25, 0.3) is 0 Å². The van der Waals surface area contributed by atoms with E-state index in [1.165, 1.54) is 6.92 Å². The molecule has 0 aliphatic carbocycles. The molecule has 6 heteroatoms. The van der Waals surface area contributed by atoms with Gasteiger partial charge in [0.15, 0.2) is 5.78 Å². The van der Waals surface area contributed by atoms with Gasteiger partial charge >= 0.3 is 0 Å². The van der Waals surface area contributed by atoms with Gasteiger partial charge < -0.3 is 15.4 Å². The van der Waals surface area contributed by atoms with Gasteiger partial charge in [-0.25, -0.2) is 0 Å². The Labute approximate surface area is 175 Å². The SMILES string of the molecule is CC(=O)c1ccccc1NC(=O)CNc1cccc(OCc2cccc(C#N)c2)c1. The van der Waals surface area contributed by atoms with Crippen LogP contribution in [-0.4, -0.2) is 18.2 Å². The first-order valence-corrected chi connectivity index (χ1v) is 9.41. The molecule has 2 N–H and O–H groups in total. The van der Waals surface area contributed by atoms with Crippen LogP contribution in [0.3, 0.4) is 0 Å². The molecule has 3 aromatic carbocycles. The molecule has 3 rings (SSSR count). The van der Waals surface area contributed by atoms with E-state index < -0.39 is 0 Å². The number of nitriles is 1. The fourth-order valence-corrected chi connectivity index (χ4v) is 2.87. The van der Waals surface area contributed by atoms with Crippen molar-refractivity contribution in [1.82, 2.24) is 0 Å². The summed E-state index contributed by atoms with van der Waals surface area (Å²) in [6.07, 6.45) is 0. The van der Waals surface area contributed by atoms with Crippen molar-refractivity contribution in [2.75, 3.05) is 17.2 Å². The minimum Gasteiger partial charge on any atom is -0.489 e. The molecule has 0 aliphatic rings. The van der Waals surface area contributed by atoms with E-state index in [2.05, 4.69) is 16.7 Å². The van der Waals surface area contributed by atoms with Crippen LogP contribution in [0.2, 0.25) is 0 Å². The van der Waals surface area contributed by atoms with Crippen molar-refractivity contribution in [3.63, 3.8) is 0 Å². The molecule has 0 heterocycles. The summed E-state index contributed by atoms with van der Waals surface area (Å²) in [6, 6.07) is 23.5. The second-order valence-corrected chi connectivity index (χ2v) is 6.63. The van der Waals surface area contributed by atoms with Crippen LogP contribution in [-0.2, 0) is 11.4 Å². The molecular weight excluding hydrogens is 378 g/mol. The minimum atomic E-state index is -0.261. The van der Waals surface area contributed by atoms with Gasteiger partial charge in [0.2, 0.25) is 5.91 Å². The molecule has 1 amide bonds. The summed E-state index contributed by atoms with van der Waals surface area (Å²) in [5.41, 5.74) is 3.18. The number of amides is 1. The fraction of sp³-hybridized carbons (Fsp3) is 0.125. The Bertz CT molecular complexity index is 1100. The molecule has 0 saturated heterocycles. The number of rotatable bonds is 8. The van der Waals surface area contributed by atoms with Crippen molar-refractivity contribution in [1.29, 1.82) is 5.26 Å². The van der Waals surface area contributed by atoms with E-state index in [-0.39, 0.29) is 18.2 Å². The first-order chi connectivity index (χ1) is 14.5. The zero-order valence-electron chi connectivity index (χ0n) is 16.5. The Hall–Kier alpha value is -4.11. The number of ketones is 1. The van der Waals surface area contributed by atoms with E-state index in [1.54, 1.807) is 42.5 Å². The number of carbonyl (C=O) groups excluding carboxylic acids is 2. The number of carbonyl (C=O) groups is 2. The van der Waals surface area contributed by atoms with Crippen molar-refractivity contribution in [3.8, 4) is 11.8 Å². The summed E-state index contributed by atoms with van der Waals surface area (Å²) in [5.74, 6) is 0.275. The van der Waals surface area contributed by atoms with Crippen molar-refractivity contribution in [3.05, 3.63) is 89.5 Å². The van der Waals surface area contributed by atoms with Crippen molar-refractivity contribution in [2.24, 2.45) is 0 Å². The molecule has 0 saturated carbocycles. The summed E-state index contributed by atoms with van der Waals surface area (Å²) in [6.45, 7) is 1.84. The average Bonchev–Trinajstić information content (AvgIpc) is 2.77. The quantitative estimate of drug-likeness (QED) is 0.548. The Morgan fingerprint density at radius 2 is 1.80 bits per heavy atom. The largest absolute Gasteiger partial charge is 0.489 e. The predicted octanol–water partition coefficient (Wildman–Crippen LogP) is 4.39. The molecule has 150 valence electrons. The lowest BCUT2D eigenvalue weighted by molar-refractivity contribution is -0.114. The van der Waals surface area contributed by atoms with Crippen LogP contribution >= 0.6 is 0 Å². The lowest BCUT2D eigenvalue weighted by Crippen LogP contribution is -2.22. The van der Waals surface area contributed by atoms with E-state index in [1.807, 2.05) is 30.3 Å². The molecule has 0 spiro atoms. The number of Topliss-reactive ketones (excluding diaryl/α,β-unsaturated/α-hetero) is 1. The third-order valence-electron chi connectivity index (χ3n) is 4.33. The van der Waals surface area contributed by atoms with Gasteiger partial charge in [-0.15, -0.1) is 0 Å². The summed E-state index contributed by atoms with van der Waals surface area (Å²) in [5, 5.41) is 14.8. The van der Waals surface area contributed by atoms with E-state index in [0.29, 0.717) is 29.2 Å². The van der Waals surface area contributed by atoms with Crippen LogP contribution in [0, 0.1) is 11.3 Å².